The van der Waals surface area contributed by atoms with E-state index in [0.717, 1.165) is 18.4 Å². The number of carbonyl (C=O) groups excluding carboxylic acids is 1. The van der Waals surface area contributed by atoms with Crippen LogP contribution in [-0.4, -0.2) is 19.0 Å². The van der Waals surface area contributed by atoms with E-state index in [4.69, 9.17) is 4.42 Å². The number of anilines is 2. The Morgan fingerprint density at radius 2 is 2.00 bits per heavy atom. The van der Waals surface area contributed by atoms with Crippen LogP contribution in [0.2, 0.25) is 0 Å². The lowest BCUT2D eigenvalue weighted by Gasteiger charge is -2.33. The maximum atomic E-state index is 14.5. The molecule has 4 nitrogen and oxygen atoms in total. The molecule has 1 aromatic heterocycles. The normalized spacial score (nSPS) is 15.3. The number of rotatable bonds is 4. The quantitative estimate of drug-likeness (QED) is 0.880. The van der Waals surface area contributed by atoms with E-state index in [2.05, 4.69) is 5.32 Å². The molecule has 1 saturated carbocycles. The van der Waals surface area contributed by atoms with Crippen LogP contribution in [0.4, 0.5) is 15.8 Å². The molecule has 1 aromatic carbocycles. The number of aryl methyl sites for hydroxylation is 1. The van der Waals surface area contributed by atoms with Crippen LogP contribution in [0, 0.1) is 12.7 Å². The van der Waals surface area contributed by atoms with Crippen LogP contribution < -0.4 is 10.2 Å². The molecule has 1 aliphatic carbocycles. The summed E-state index contributed by atoms with van der Waals surface area (Å²) in [5.74, 6) is -0.443. The lowest BCUT2D eigenvalue weighted by atomic mass is 9.94. The molecule has 0 atom stereocenters. The van der Waals surface area contributed by atoms with Crippen molar-refractivity contribution in [3.63, 3.8) is 0 Å². The topological polar surface area (TPSA) is 45.5 Å². The van der Waals surface area contributed by atoms with E-state index in [1.807, 2.05) is 11.9 Å². The second-order valence-corrected chi connectivity index (χ2v) is 6.46. The van der Waals surface area contributed by atoms with E-state index in [1.165, 1.54) is 31.6 Å². The van der Waals surface area contributed by atoms with E-state index < -0.39 is 0 Å². The summed E-state index contributed by atoms with van der Waals surface area (Å²) < 4.78 is 19.7. The van der Waals surface area contributed by atoms with E-state index >= 15 is 0 Å². The maximum absolute atomic E-state index is 14.5. The van der Waals surface area contributed by atoms with Gasteiger partial charge in [0, 0.05) is 24.3 Å². The van der Waals surface area contributed by atoms with E-state index in [9.17, 15) is 9.18 Å². The Balaban J connectivity index is 1.72. The molecular weight excluding hydrogens is 307 g/mol. The molecule has 0 saturated heterocycles. The van der Waals surface area contributed by atoms with Crippen molar-refractivity contribution in [3.05, 3.63) is 47.7 Å². The fourth-order valence-electron chi connectivity index (χ4n) is 3.33. The van der Waals surface area contributed by atoms with E-state index in [1.54, 1.807) is 25.1 Å². The smallest absolute Gasteiger partial charge is 0.291 e. The van der Waals surface area contributed by atoms with Crippen molar-refractivity contribution < 1.29 is 13.6 Å². The molecule has 1 amide bonds. The minimum absolute atomic E-state index is 0.249. The summed E-state index contributed by atoms with van der Waals surface area (Å²) in [5, 5.41) is 2.68. The minimum atomic E-state index is -0.370. The van der Waals surface area contributed by atoms with Crippen LogP contribution in [0.1, 0.15) is 48.2 Å². The Morgan fingerprint density at radius 3 is 2.62 bits per heavy atom. The molecular formula is C19H23FN2O2. The summed E-state index contributed by atoms with van der Waals surface area (Å²) in [6.07, 6.45) is 7.34. The zero-order valence-corrected chi connectivity index (χ0v) is 14.1. The molecule has 5 heteroatoms. The molecule has 1 N–H and O–H groups in total. The Kier molecular flexibility index (Phi) is 4.88. The van der Waals surface area contributed by atoms with Gasteiger partial charge in [0.05, 0.1) is 12.0 Å². The van der Waals surface area contributed by atoms with E-state index in [0.29, 0.717) is 17.4 Å². The first-order valence-corrected chi connectivity index (χ1v) is 8.44. The van der Waals surface area contributed by atoms with Crippen molar-refractivity contribution in [2.45, 2.75) is 45.1 Å². The largest absolute Gasteiger partial charge is 0.459 e. The van der Waals surface area contributed by atoms with Gasteiger partial charge in [-0.1, -0.05) is 19.3 Å². The average Bonchev–Trinajstić information content (AvgIpc) is 3.01. The summed E-state index contributed by atoms with van der Waals surface area (Å²) in [6, 6.07) is 6.94. The van der Waals surface area contributed by atoms with Crippen LogP contribution in [-0.2, 0) is 0 Å². The molecule has 1 fully saturated rings. The third-order valence-corrected chi connectivity index (χ3v) is 4.78. The Labute approximate surface area is 141 Å². The molecule has 128 valence electrons. The van der Waals surface area contributed by atoms with Crippen LogP contribution in [0.15, 0.2) is 34.9 Å². The van der Waals surface area contributed by atoms with Gasteiger partial charge in [0.2, 0.25) is 0 Å². The second kappa shape index (κ2) is 7.07. The number of halogens is 1. The van der Waals surface area contributed by atoms with E-state index in [-0.39, 0.29) is 17.5 Å². The number of hydrogen-bond donors (Lipinski definition) is 1. The van der Waals surface area contributed by atoms with Gasteiger partial charge in [-0.2, -0.15) is 0 Å². The zero-order valence-electron chi connectivity index (χ0n) is 14.1. The van der Waals surface area contributed by atoms with Crippen LogP contribution in [0.25, 0.3) is 0 Å². The lowest BCUT2D eigenvalue weighted by molar-refractivity contribution is 0.0996. The number of hydrogen-bond acceptors (Lipinski definition) is 3. The molecule has 2 aromatic rings. The molecule has 1 aliphatic rings. The van der Waals surface area contributed by atoms with Crippen LogP contribution >= 0.6 is 0 Å². The average molecular weight is 330 g/mol. The highest BCUT2D eigenvalue weighted by Gasteiger charge is 2.21. The molecule has 1 heterocycles. The number of nitrogens with one attached hydrogen (secondary N) is 1. The summed E-state index contributed by atoms with van der Waals surface area (Å²) in [7, 11) is 1.94. The van der Waals surface area contributed by atoms with Crippen molar-refractivity contribution in [2.75, 3.05) is 17.3 Å². The predicted octanol–water partition coefficient (Wildman–Crippen LogP) is 4.75. The summed E-state index contributed by atoms with van der Waals surface area (Å²) >= 11 is 0. The van der Waals surface area contributed by atoms with Gasteiger partial charge in [-0.15, -0.1) is 0 Å². The van der Waals surface area contributed by atoms with Gasteiger partial charge in [-0.25, -0.2) is 4.39 Å². The minimum Gasteiger partial charge on any atom is -0.459 e. The molecule has 0 bridgehead atoms. The van der Waals surface area contributed by atoms with Crippen molar-refractivity contribution in [3.8, 4) is 0 Å². The summed E-state index contributed by atoms with van der Waals surface area (Å²) in [4.78, 5) is 14.2. The van der Waals surface area contributed by atoms with Gasteiger partial charge < -0.3 is 14.6 Å². The highest BCUT2D eigenvalue weighted by molar-refractivity contribution is 6.03. The van der Waals surface area contributed by atoms with Gasteiger partial charge >= 0.3 is 0 Å². The fourth-order valence-corrected chi connectivity index (χ4v) is 3.33. The number of nitrogens with zero attached hydrogens (tertiary/aromatic N) is 1. The monoisotopic (exact) mass is 330 g/mol. The predicted molar refractivity (Wildman–Crippen MR) is 93.1 cm³/mol. The molecule has 24 heavy (non-hydrogen) atoms. The Bertz CT molecular complexity index is 720. The standard InChI is InChI=1S/C19H23FN2O2/c1-13-10-11-24-18(13)19(23)21-14-8-9-17(16(20)12-14)22(2)15-6-4-3-5-7-15/h8-12,15H,3-7H2,1-2H3,(H,21,23). The Morgan fingerprint density at radius 1 is 1.25 bits per heavy atom. The van der Waals surface area contributed by atoms with Crippen molar-refractivity contribution in [2.24, 2.45) is 0 Å². The highest BCUT2D eigenvalue weighted by Crippen LogP contribution is 2.29. The fraction of sp³-hybridized carbons (Fsp3) is 0.421. The number of benzene rings is 1. The van der Waals surface area contributed by atoms with Gasteiger partial charge in [-0.3, -0.25) is 4.79 Å². The molecule has 0 radical (unpaired) electrons. The van der Waals surface area contributed by atoms with Crippen molar-refractivity contribution in [1.29, 1.82) is 0 Å². The van der Waals surface area contributed by atoms with Gasteiger partial charge in [0.25, 0.3) is 5.91 Å². The summed E-state index contributed by atoms with van der Waals surface area (Å²) in [6.45, 7) is 1.79. The molecule has 0 unspecified atom stereocenters. The molecule has 3 rings (SSSR count). The van der Waals surface area contributed by atoms with Crippen LogP contribution in [0.3, 0.4) is 0 Å². The highest BCUT2D eigenvalue weighted by atomic mass is 19.1. The second-order valence-electron chi connectivity index (χ2n) is 6.46. The first kappa shape index (κ1) is 16.6. The first-order chi connectivity index (χ1) is 11.6. The number of carbonyl (C=O) groups is 1. The zero-order chi connectivity index (χ0) is 17.1. The first-order valence-electron chi connectivity index (χ1n) is 8.44. The number of amides is 1. The molecule has 0 aliphatic heterocycles. The van der Waals surface area contributed by atoms with Gasteiger partial charge in [0.1, 0.15) is 5.82 Å². The third-order valence-electron chi connectivity index (χ3n) is 4.78. The maximum Gasteiger partial charge on any atom is 0.291 e. The SMILES string of the molecule is Cc1ccoc1C(=O)Nc1ccc(N(C)C2CCCCC2)c(F)c1. The number of furan rings is 1. The third kappa shape index (κ3) is 3.45. The van der Waals surface area contributed by atoms with Crippen molar-refractivity contribution >= 4 is 17.3 Å². The Hall–Kier alpha value is -2.30. The van der Waals surface area contributed by atoms with Gasteiger partial charge in [-0.05, 0) is 44.0 Å². The molecule has 0 spiro atoms. The summed E-state index contributed by atoms with van der Waals surface area (Å²) in [5.41, 5.74) is 1.75. The van der Waals surface area contributed by atoms with Crippen molar-refractivity contribution in [1.82, 2.24) is 0 Å². The van der Waals surface area contributed by atoms with Gasteiger partial charge in [0.15, 0.2) is 5.76 Å². The lowest BCUT2D eigenvalue weighted by Crippen LogP contribution is -2.33. The van der Waals surface area contributed by atoms with Crippen LogP contribution in [0.5, 0.6) is 0 Å².